The Morgan fingerprint density at radius 2 is 1.44 bits per heavy atom. The van der Waals surface area contributed by atoms with Crippen molar-refractivity contribution in [2.45, 2.75) is 31.5 Å². The Morgan fingerprint density at radius 3 is 2.00 bits per heavy atom. The van der Waals surface area contributed by atoms with Gasteiger partial charge in [-0.25, -0.2) is 13.2 Å². The van der Waals surface area contributed by atoms with E-state index in [0.717, 1.165) is 17.2 Å². The highest BCUT2D eigenvalue weighted by atomic mass is 19.1. The zero-order valence-electron chi connectivity index (χ0n) is 19.0. The Kier molecular flexibility index (Phi) is 6.46. The first-order valence-corrected chi connectivity index (χ1v) is 11.1. The molecule has 1 heterocycles. The Hall–Kier alpha value is -3.61. The highest BCUT2D eigenvalue weighted by Gasteiger charge is 2.45. The highest BCUT2D eigenvalue weighted by molar-refractivity contribution is 5.41. The molecule has 6 heteroatoms. The molecule has 0 saturated carbocycles. The molecule has 0 radical (unpaired) electrons. The van der Waals surface area contributed by atoms with Crippen LogP contribution < -0.4 is 0 Å². The van der Waals surface area contributed by atoms with Gasteiger partial charge in [0.25, 0.3) is 0 Å². The second-order valence-corrected chi connectivity index (χ2v) is 9.33. The second-order valence-electron chi connectivity index (χ2n) is 9.33. The van der Waals surface area contributed by atoms with E-state index in [-0.39, 0.29) is 12.0 Å². The standard InChI is InChI=1S/C28H24F3N3/c1-28(2,31)26(22-11-24(29)13-25(30)12-22)23-16-34(17-23)27(20-8-6-18(14-32)7-9-20)21-5-3-4-19(10-21)15-33/h3-13,23,26-27H,16-17H2,1-2H3/t26-,27-/m0/s1. The Morgan fingerprint density at radius 1 is 0.824 bits per heavy atom. The number of hydrogen-bond acceptors (Lipinski definition) is 3. The van der Waals surface area contributed by atoms with Crippen molar-refractivity contribution < 1.29 is 13.2 Å². The van der Waals surface area contributed by atoms with Gasteiger partial charge >= 0.3 is 0 Å². The van der Waals surface area contributed by atoms with E-state index < -0.39 is 23.2 Å². The quantitative estimate of drug-likeness (QED) is 0.437. The van der Waals surface area contributed by atoms with Gasteiger partial charge in [-0.3, -0.25) is 4.90 Å². The largest absolute Gasteiger partial charge is 0.292 e. The molecule has 0 unspecified atom stereocenters. The van der Waals surface area contributed by atoms with E-state index in [1.807, 2.05) is 30.3 Å². The fourth-order valence-corrected chi connectivity index (χ4v) is 5.09. The summed E-state index contributed by atoms with van der Waals surface area (Å²) in [6.07, 6.45) is 0. The summed E-state index contributed by atoms with van der Waals surface area (Å²) in [6, 6.07) is 21.9. The van der Waals surface area contributed by atoms with Crippen LogP contribution in [-0.4, -0.2) is 23.7 Å². The summed E-state index contributed by atoms with van der Waals surface area (Å²) in [4.78, 5) is 2.16. The van der Waals surface area contributed by atoms with Crippen molar-refractivity contribution in [1.29, 1.82) is 10.5 Å². The molecule has 1 aliphatic heterocycles. The Balaban J connectivity index is 1.66. The molecule has 3 aromatic rings. The maximum absolute atomic E-state index is 15.3. The van der Waals surface area contributed by atoms with Crippen LogP contribution in [0.3, 0.4) is 0 Å². The fraction of sp³-hybridized carbons (Fsp3) is 0.286. The summed E-state index contributed by atoms with van der Waals surface area (Å²) in [5.74, 6) is -2.27. The number of nitriles is 2. The van der Waals surface area contributed by atoms with E-state index in [9.17, 15) is 14.0 Å². The van der Waals surface area contributed by atoms with Gasteiger partial charge in [-0.2, -0.15) is 10.5 Å². The average Bonchev–Trinajstić information content (AvgIpc) is 2.76. The number of likely N-dealkylation sites (tertiary alicyclic amines) is 1. The van der Waals surface area contributed by atoms with Gasteiger partial charge in [0.05, 0.1) is 29.3 Å². The summed E-state index contributed by atoms with van der Waals surface area (Å²) in [5, 5.41) is 18.5. The second kappa shape index (κ2) is 9.33. The minimum absolute atomic E-state index is 0.152. The topological polar surface area (TPSA) is 50.8 Å². The molecule has 0 N–H and O–H groups in total. The molecule has 0 bridgehead atoms. The molecular weight excluding hydrogens is 435 g/mol. The van der Waals surface area contributed by atoms with Gasteiger partial charge in [-0.1, -0.05) is 24.3 Å². The van der Waals surface area contributed by atoms with Crippen LogP contribution in [0.25, 0.3) is 0 Å². The first kappa shape index (κ1) is 23.5. The fourth-order valence-electron chi connectivity index (χ4n) is 5.09. The monoisotopic (exact) mass is 459 g/mol. The molecule has 172 valence electrons. The molecule has 0 aromatic heterocycles. The van der Waals surface area contributed by atoms with Crippen LogP contribution in [0.4, 0.5) is 13.2 Å². The van der Waals surface area contributed by atoms with Crippen molar-refractivity contribution in [2.75, 3.05) is 13.1 Å². The first-order chi connectivity index (χ1) is 16.2. The van der Waals surface area contributed by atoms with Crippen molar-refractivity contribution in [3.05, 3.63) is 106 Å². The van der Waals surface area contributed by atoms with Crippen LogP contribution in [0.15, 0.2) is 66.7 Å². The Labute approximate surface area is 197 Å². The number of rotatable bonds is 6. The summed E-state index contributed by atoms with van der Waals surface area (Å²) in [5.41, 5.74) is 1.57. The Bertz CT molecular complexity index is 1240. The number of nitrogens with zero attached hydrogens (tertiary/aromatic N) is 3. The third-order valence-corrected chi connectivity index (χ3v) is 6.45. The zero-order valence-corrected chi connectivity index (χ0v) is 19.0. The third-order valence-electron chi connectivity index (χ3n) is 6.45. The summed E-state index contributed by atoms with van der Waals surface area (Å²) in [6.45, 7) is 3.91. The molecular formula is C28H24F3N3. The van der Waals surface area contributed by atoms with Gasteiger partial charge in [0, 0.05) is 25.1 Å². The third kappa shape index (κ3) is 4.83. The van der Waals surface area contributed by atoms with Crippen LogP contribution in [-0.2, 0) is 0 Å². The molecule has 2 atom stereocenters. The predicted octanol–water partition coefficient (Wildman–Crippen LogP) is 6.26. The average molecular weight is 460 g/mol. The lowest BCUT2D eigenvalue weighted by Crippen LogP contribution is -2.53. The van der Waals surface area contributed by atoms with Crippen molar-refractivity contribution in [1.82, 2.24) is 4.90 Å². The molecule has 0 amide bonds. The molecule has 1 aliphatic rings. The van der Waals surface area contributed by atoms with Crippen LogP contribution in [0, 0.1) is 40.2 Å². The predicted molar refractivity (Wildman–Crippen MR) is 124 cm³/mol. The molecule has 4 rings (SSSR count). The van der Waals surface area contributed by atoms with Gasteiger partial charge in [0.1, 0.15) is 17.3 Å². The van der Waals surface area contributed by atoms with Crippen molar-refractivity contribution in [3.8, 4) is 12.1 Å². The van der Waals surface area contributed by atoms with E-state index in [2.05, 4.69) is 17.0 Å². The molecule has 0 aliphatic carbocycles. The number of hydrogen-bond donors (Lipinski definition) is 0. The van der Waals surface area contributed by atoms with Gasteiger partial charge in [-0.15, -0.1) is 0 Å². The molecule has 3 aromatic carbocycles. The van der Waals surface area contributed by atoms with Gasteiger partial charge in [0.2, 0.25) is 0 Å². The van der Waals surface area contributed by atoms with Crippen LogP contribution in [0.5, 0.6) is 0 Å². The van der Waals surface area contributed by atoms with Gasteiger partial charge in [-0.05, 0) is 72.9 Å². The smallest absolute Gasteiger partial charge is 0.126 e. The van der Waals surface area contributed by atoms with E-state index in [0.29, 0.717) is 29.8 Å². The lowest BCUT2D eigenvalue weighted by Gasteiger charge is -2.50. The number of halogens is 3. The van der Waals surface area contributed by atoms with Crippen LogP contribution in [0.1, 0.15) is 53.6 Å². The zero-order chi connectivity index (χ0) is 24.5. The molecule has 3 nitrogen and oxygen atoms in total. The van der Waals surface area contributed by atoms with Gasteiger partial charge < -0.3 is 0 Å². The minimum Gasteiger partial charge on any atom is -0.292 e. The first-order valence-electron chi connectivity index (χ1n) is 11.1. The van der Waals surface area contributed by atoms with E-state index in [1.165, 1.54) is 26.0 Å². The van der Waals surface area contributed by atoms with E-state index >= 15 is 4.39 Å². The maximum atomic E-state index is 15.3. The van der Waals surface area contributed by atoms with Crippen LogP contribution in [0.2, 0.25) is 0 Å². The van der Waals surface area contributed by atoms with Crippen LogP contribution >= 0.6 is 0 Å². The molecule has 1 fully saturated rings. The molecule has 34 heavy (non-hydrogen) atoms. The highest BCUT2D eigenvalue weighted by Crippen LogP contribution is 2.45. The lowest BCUT2D eigenvalue weighted by molar-refractivity contribution is 0.00804. The normalized spacial score (nSPS) is 16.2. The maximum Gasteiger partial charge on any atom is 0.126 e. The number of benzene rings is 3. The van der Waals surface area contributed by atoms with Crippen molar-refractivity contribution in [2.24, 2.45) is 5.92 Å². The minimum atomic E-state index is -1.68. The van der Waals surface area contributed by atoms with E-state index in [4.69, 9.17) is 5.26 Å². The summed E-state index contributed by atoms with van der Waals surface area (Å²) < 4.78 is 43.1. The molecule has 0 spiro atoms. The summed E-state index contributed by atoms with van der Waals surface area (Å²) >= 11 is 0. The SMILES string of the molecule is CC(C)(F)[C@@H](c1cc(F)cc(F)c1)C1CN([C@@H](c2ccc(C#N)cc2)c2cccc(C#N)c2)C1. The van der Waals surface area contributed by atoms with E-state index in [1.54, 1.807) is 18.2 Å². The lowest BCUT2D eigenvalue weighted by atomic mass is 9.72. The summed E-state index contributed by atoms with van der Waals surface area (Å²) in [7, 11) is 0. The number of alkyl halides is 1. The van der Waals surface area contributed by atoms with Crippen molar-refractivity contribution in [3.63, 3.8) is 0 Å². The van der Waals surface area contributed by atoms with Crippen molar-refractivity contribution >= 4 is 0 Å². The van der Waals surface area contributed by atoms with Gasteiger partial charge in [0.15, 0.2) is 0 Å². The molecule has 1 saturated heterocycles.